The maximum Gasteiger partial charge on any atom is 0.339 e. The van der Waals surface area contributed by atoms with Crippen molar-refractivity contribution < 1.29 is 9.53 Å². The van der Waals surface area contributed by atoms with E-state index in [1.165, 1.54) is 12.6 Å². The van der Waals surface area contributed by atoms with Crippen LogP contribution >= 0.6 is 11.6 Å². The molecule has 1 saturated carbocycles. The SMILES string of the molecule is CC1CC(C)CC(OC(=O)c2ccc(Cl)nc2)C1. The van der Waals surface area contributed by atoms with E-state index in [-0.39, 0.29) is 12.1 Å². The molecule has 0 aromatic carbocycles. The molecule has 3 nitrogen and oxygen atoms in total. The fourth-order valence-corrected chi connectivity index (χ4v) is 2.80. The van der Waals surface area contributed by atoms with Gasteiger partial charge < -0.3 is 4.74 Å². The van der Waals surface area contributed by atoms with E-state index in [1.807, 2.05) is 0 Å². The maximum absolute atomic E-state index is 11.9. The van der Waals surface area contributed by atoms with E-state index in [0.29, 0.717) is 22.6 Å². The standard InChI is InChI=1S/C14H18ClNO2/c1-9-5-10(2)7-12(6-9)18-14(17)11-3-4-13(15)16-8-11/h3-4,8-10,12H,5-7H2,1-2H3. The van der Waals surface area contributed by atoms with E-state index in [0.717, 1.165) is 12.8 Å². The minimum absolute atomic E-state index is 0.0342. The number of pyridine rings is 1. The number of esters is 1. The van der Waals surface area contributed by atoms with Crippen molar-refractivity contribution in [3.8, 4) is 0 Å². The minimum Gasteiger partial charge on any atom is -0.459 e. The lowest BCUT2D eigenvalue weighted by Gasteiger charge is -2.30. The summed E-state index contributed by atoms with van der Waals surface area (Å²) in [6.07, 6.45) is 4.62. The van der Waals surface area contributed by atoms with E-state index >= 15 is 0 Å². The smallest absolute Gasteiger partial charge is 0.339 e. The fourth-order valence-electron chi connectivity index (χ4n) is 2.69. The number of carbonyl (C=O) groups is 1. The first-order valence-corrected chi connectivity index (χ1v) is 6.75. The molecule has 0 saturated heterocycles. The van der Waals surface area contributed by atoms with Crippen LogP contribution < -0.4 is 0 Å². The molecule has 0 amide bonds. The van der Waals surface area contributed by atoms with Crippen molar-refractivity contribution in [3.05, 3.63) is 29.0 Å². The Hall–Kier alpha value is -1.09. The fraction of sp³-hybridized carbons (Fsp3) is 0.571. The Labute approximate surface area is 113 Å². The molecule has 1 heterocycles. The Bertz CT molecular complexity index is 408. The van der Waals surface area contributed by atoms with Crippen LogP contribution in [0.3, 0.4) is 0 Å². The Morgan fingerprint density at radius 1 is 1.28 bits per heavy atom. The second-order valence-corrected chi connectivity index (χ2v) is 5.70. The van der Waals surface area contributed by atoms with Gasteiger partial charge in [0.05, 0.1) is 5.56 Å². The average Bonchev–Trinajstić information content (AvgIpc) is 2.28. The van der Waals surface area contributed by atoms with Gasteiger partial charge in [0.2, 0.25) is 0 Å². The summed E-state index contributed by atoms with van der Waals surface area (Å²) in [5, 5.41) is 0.381. The molecule has 1 fully saturated rings. The summed E-state index contributed by atoms with van der Waals surface area (Å²) in [6, 6.07) is 3.25. The zero-order chi connectivity index (χ0) is 13.1. The Morgan fingerprint density at radius 3 is 2.50 bits per heavy atom. The van der Waals surface area contributed by atoms with Gasteiger partial charge >= 0.3 is 5.97 Å². The van der Waals surface area contributed by atoms with Gasteiger partial charge in [0, 0.05) is 6.20 Å². The molecule has 0 spiro atoms. The molecule has 0 radical (unpaired) electrons. The predicted molar refractivity (Wildman–Crippen MR) is 70.6 cm³/mol. The number of nitrogens with zero attached hydrogens (tertiary/aromatic N) is 1. The number of hydrogen-bond donors (Lipinski definition) is 0. The lowest BCUT2D eigenvalue weighted by Crippen LogP contribution is -2.28. The molecule has 0 N–H and O–H groups in total. The lowest BCUT2D eigenvalue weighted by atomic mass is 9.82. The van der Waals surface area contributed by atoms with Gasteiger partial charge in [-0.3, -0.25) is 0 Å². The summed E-state index contributed by atoms with van der Waals surface area (Å²) in [7, 11) is 0. The Kier molecular flexibility index (Phi) is 4.23. The van der Waals surface area contributed by atoms with Crippen LogP contribution in [-0.4, -0.2) is 17.1 Å². The van der Waals surface area contributed by atoms with Gasteiger partial charge in [-0.25, -0.2) is 9.78 Å². The molecule has 2 unspecified atom stereocenters. The second-order valence-electron chi connectivity index (χ2n) is 5.31. The number of ether oxygens (including phenoxy) is 1. The van der Waals surface area contributed by atoms with Gasteiger partial charge in [-0.15, -0.1) is 0 Å². The van der Waals surface area contributed by atoms with Crippen molar-refractivity contribution >= 4 is 17.6 Å². The monoisotopic (exact) mass is 267 g/mol. The molecule has 0 aliphatic heterocycles. The highest BCUT2D eigenvalue weighted by molar-refractivity contribution is 6.29. The van der Waals surface area contributed by atoms with E-state index in [1.54, 1.807) is 12.1 Å². The van der Waals surface area contributed by atoms with E-state index in [4.69, 9.17) is 16.3 Å². The third-order valence-electron chi connectivity index (χ3n) is 3.37. The Morgan fingerprint density at radius 2 is 1.94 bits per heavy atom. The van der Waals surface area contributed by atoms with Gasteiger partial charge in [-0.2, -0.15) is 0 Å². The molecule has 98 valence electrons. The largest absolute Gasteiger partial charge is 0.459 e. The third-order valence-corrected chi connectivity index (χ3v) is 3.60. The molecule has 18 heavy (non-hydrogen) atoms. The van der Waals surface area contributed by atoms with Gasteiger partial charge in [-0.1, -0.05) is 25.4 Å². The molecular weight excluding hydrogens is 250 g/mol. The average molecular weight is 268 g/mol. The van der Waals surface area contributed by atoms with Crippen LogP contribution in [0.2, 0.25) is 5.15 Å². The minimum atomic E-state index is -0.300. The summed E-state index contributed by atoms with van der Waals surface area (Å²) in [5.41, 5.74) is 0.463. The molecular formula is C14H18ClNO2. The summed E-state index contributed by atoms with van der Waals surface area (Å²) < 4.78 is 5.54. The molecule has 0 bridgehead atoms. The zero-order valence-corrected chi connectivity index (χ0v) is 11.5. The molecule has 4 heteroatoms. The maximum atomic E-state index is 11.9. The first kappa shape index (κ1) is 13.3. The van der Waals surface area contributed by atoms with E-state index in [9.17, 15) is 4.79 Å². The first-order valence-electron chi connectivity index (χ1n) is 6.37. The highest BCUT2D eigenvalue weighted by Crippen LogP contribution is 2.30. The highest BCUT2D eigenvalue weighted by Gasteiger charge is 2.26. The quantitative estimate of drug-likeness (QED) is 0.606. The van der Waals surface area contributed by atoms with Crippen molar-refractivity contribution in [2.75, 3.05) is 0 Å². The van der Waals surface area contributed by atoms with Crippen molar-refractivity contribution in [1.82, 2.24) is 4.98 Å². The number of halogens is 1. The summed E-state index contributed by atoms with van der Waals surface area (Å²) in [5.74, 6) is 0.940. The molecule has 1 aromatic rings. The van der Waals surface area contributed by atoms with Crippen molar-refractivity contribution in [1.29, 1.82) is 0 Å². The zero-order valence-electron chi connectivity index (χ0n) is 10.7. The highest BCUT2D eigenvalue weighted by atomic mass is 35.5. The van der Waals surface area contributed by atoms with E-state index < -0.39 is 0 Å². The third kappa shape index (κ3) is 3.45. The van der Waals surface area contributed by atoms with Crippen molar-refractivity contribution in [2.24, 2.45) is 11.8 Å². The molecule has 2 atom stereocenters. The normalized spacial score (nSPS) is 27.8. The number of carbonyl (C=O) groups excluding carboxylic acids is 1. The first-order chi connectivity index (χ1) is 8.54. The van der Waals surface area contributed by atoms with E-state index in [2.05, 4.69) is 18.8 Å². The molecule has 2 rings (SSSR count). The van der Waals surface area contributed by atoms with Crippen LogP contribution in [0.4, 0.5) is 0 Å². The summed E-state index contributed by atoms with van der Waals surface area (Å²) in [4.78, 5) is 15.8. The van der Waals surface area contributed by atoms with Crippen LogP contribution in [0.5, 0.6) is 0 Å². The van der Waals surface area contributed by atoms with Crippen LogP contribution in [-0.2, 0) is 4.74 Å². The van der Waals surface area contributed by atoms with Crippen LogP contribution in [0.1, 0.15) is 43.5 Å². The van der Waals surface area contributed by atoms with Gasteiger partial charge in [0.15, 0.2) is 0 Å². The molecule has 1 aliphatic carbocycles. The number of rotatable bonds is 2. The van der Waals surface area contributed by atoms with Crippen molar-refractivity contribution in [2.45, 2.75) is 39.2 Å². The topological polar surface area (TPSA) is 39.2 Å². The van der Waals surface area contributed by atoms with Crippen LogP contribution in [0, 0.1) is 11.8 Å². The van der Waals surface area contributed by atoms with Gasteiger partial charge in [0.25, 0.3) is 0 Å². The number of aromatic nitrogens is 1. The summed E-state index contributed by atoms with van der Waals surface area (Å²) >= 11 is 5.68. The molecule has 1 aliphatic rings. The van der Waals surface area contributed by atoms with Crippen LogP contribution in [0.25, 0.3) is 0 Å². The summed E-state index contributed by atoms with van der Waals surface area (Å²) in [6.45, 7) is 4.42. The lowest BCUT2D eigenvalue weighted by molar-refractivity contribution is 0.00802. The number of hydrogen-bond acceptors (Lipinski definition) is 3. The second kappa shape index (κ2) is 5.70. The van der Waals surface area contributed by atoms with Gasteiger partial charge in [-0.05, 0) is 43.2 Å². The van der Waals surface area contributed by atoms with Gasteiger partial charge in [0.1, 0.15) is 11.3 Å². The molecule has 1 aromatic heterocycles. The predicted octanol–water partition coefficient (Wildman–Crippen LogP) is 3.72. The van der Waals surface area contributed by atoms with Crippen LogP contribution in [0.15, 0.2) is 18.3 Å². The van der Waals surface area contributed by atoms with Crippen molar-refractivity contribution in [3.63, 3.8) is 0 Å². The Balaban J connectivity index is 1.96.